The number of anilines is 1. The fourth-order valence-corrected chi connectivity index (χ4v) is 3.56. The summed E-state index contributed by atoms with van der Waals surface area (Å²) in [4.78, 5) is 38.1. The van der Waals surface area contributed by atoms with Gasteiger partial charge in [-0.3, -0.25) is 19.3 Å². The van der Waals surface area contributed by atoms with Crippen molar-refractivity contribution < 1.29 is 19.1 Å². The molecule has 0 aromatic heterocycles. The lowest BCUT2D eigenvalue weighted by molar-refractivity contribution is -0.127. The number of amides is 3. The molecule has 1 heterocycles. The van der Waals surface area contributed by atoms with Gasteiger partial charge in [-0.25, -0.2) is 0 Å². The van der Waals surface area contributed by atoms with Crippen molar-refractivity contribution in [2.45, 2.75) is 0 Å². The molecule has 2 aromatic rings. The number of methoxy groups -OCH3 is 1. The van der Waals surface area contributed by atoms with Gasteiger partial charge < -0.3 is 10.1 Å². The Morgan fingerprint density at radius 3 is 2.44 bits per heavy atom. The average molecular weight is 494 g/mol. The number of carbonyl (C=O) groups excluding carboxylic acids is 3. The van der Waals surface area contributed by atoms with Gasteiger partial charge in [-0.05, 0) is 82.4 Å². The first-order chi connectivity index (χ1) is 13.0. The van der Waals surface area contributed by atoms with Crippen LogP contribution < -0.4 is 10.1 Å². The molecule has 0 atom stereocenters. The predicted octanol–water partition coefficient (Wildman–Crippen LogP) is 3.97. The summed E-state index contributed by atoms with van der Waals surface area (Å²) in [6.07, 6.45) is 1.66. The van der Waals surface area contributed by atoms with Crippen molar-refractivity contribution in [1.29, 1.82) is 0 Å². The first-order valence-electron chi connectivity index (χ1n) is 7.91. The lowest BCUT2D eigenvalue weighted by Gasteiger charge is -2.12. The van der Waals surface area contributed by atoms with Crippen molar-refractivity contribution in [2.24, 2.45) is 0 Å². The van der Waals surface area contributed by atoms with Crippen molar-refractivity contribution in [2.75, 3.05) is 19.0 Å². The van der Waals surface area contributed by atoms with Gasteiger partial charge in [0.2, 0.25) is 5.91 Å². The van der Waals surface area contributed by atoms with Crippen LogP contribution >= 0.6 is 34.4 Å². The van der Waals surface area contributed by atoms with Gasteiger partial charge in [0.1, 0.15) is 12.3 Å². The number of ether oxygens (including phenoxy) is 1. The minimum atomic E-state index is -0.464. The van der Waals surface area contributed by atoms with Crippen molar-refractivity contribution in [3.05, 3.63) is 62.6 Å². The van der Waals surface area contributed by atoms with Crippen LogP contribution in [0.25, 0.3) is 6.08 Å². The van der Waals surface area contributed by atoms with E-state index in [1.807, 2.05) is 24.3 Å². The molecule has 3 amide bonds. The highest BCUT2D eigenvalue weighted by Gasteiger charge is 2.36. The molecule has 2 aromatic carbocycles. The number of halogens is 1. The highest BCUT2D eigenvalue weighted by atomic mass is 127. The van der Waals surface area contributed by atoms with Gasteiger partial charge in [0, 0.05) is 9.26 Å². The molecule has 0 aliphatic carbocycles. The van der Waals surface area contributed by atoms with Gasteiger partial charge in [0.25, 0.3) is 11.1 Å². The summed E-state index contributed by atoms with van der Waals surface area (Å²) < 4.78 is 6.13. The Hall–Kier alpha value is -2.33. The number of hydrogen-bond acceptors (Lipinski definition) is 5. The van der Waals surface area contributed by atoms with Crippen LogP contribution in [0.3, 0.4) is 0 Å². The average Bonchev–Trinajstić information content (AvgIpc) is 2.91. The van der Waals surface area contributed by atoms with Crippen LogP contribution in [0, 0.1) is 3.57 Å². The van der Waals surface area contributed by atoms with E-state index >= 15 is 0 Å². The maximum atomic E-state index is 12.5. The van der Waals surface area contributed by atoms with Gasteiger partial charge in [-0.2, -0.15) is 0 Å². The number of imide groups is 1. The molecule has 138 valence electrons. The molecule has 0 bridgehead atoms. The van der Waals surface area contributed by atoms with Crippen LogP contribution in [0.5, 0.6) is 5.75 Å². The number of nitrogens with zero attached hydrogens (tertiary/aromatic N) is 1. The number of rotatable bonds is 5. The van der Waals surface area contributed by atoms with Crippen LogP contribution in [0.4, 0.5) is 10.5 Å². The Morgan fingerprint density at radius 2 is 1.81 bits per heavy atom. The van der Waals surface area contributed by atoms with E-state index in [-0.39, 0.29) is 6.54 Å². The molecule has 3 rings (SSSR count). The molecule has 0 radical (unpaired) electrons. The molecule has 1 fully saturated rings. The van der Waals surface area contributed by atoms with Gasteiger partial charge in [0.15, 0.2) is 0 Å². The van der Waals surface area contributed by atoms with Crippen molar-refractivity contribution in [3.63, 3.8) is 0 Å². The summed E-state index contributed by atoms with van der Waals surface area (Å²) in [5, 5.41) is 2.21. The van der Waals surface area contributed by atoms with Gasteiger partial charge >= 0.3 is 0 Å². The first-order valence-corrected chi connectivity index (χ1v) is 9.80. The largest absolute Gasteiger partial charge is 0.497 e. The summed E-state index contributed by atoms with van der Waals surface area (Å²) in [5.74, 6) is -0.244. The lowest BCUT2D eigenvalue weighted by atomic mass is 10.2. The molecule has 6 nitrogen and oxygen atoms in total. The van der Waals surface area contributed by atoms with Crippen LogP contribution in [0.1, 0.15) is 5.56 Å². The highest BCUT2D eigenvalue weighted by molar-refractivity contribution is 14.1. The van der Waals surface area contributed by atoms with E-state index in [1.54, 1.807) is 37.5 Å². The molecule has 0 spiro atoms. The summed E-state index contributed by atoms with van der Waals surface area (Å²) in [6.45, 7) is -0.333. The van der Waals surface area contributed by atoms with Gasteiger partial charge in [-0.15, -0.1) is 0 Å². The number of thioether (sulfide) groups is 1. The number of nitrogens with one attached hydrogen (secondary N) is 1. The van der Waals surface area contributed by atoms with Crippen molar-refractivity contribution in [3.8, 4) is 5.75 Å². The zero-order valence-corrected chi connectivity index (χ0v) is 17.2. The van der Waals surface area contributed by atoms with Gasteiger partial charge in [0.05, 0.1) is 12.0 Å². The van der Waals surface area contributed by atoms with E-state index in [2.05, 4.69) is 27.9 Å². The van der Waals surface area contributed by atoms with Crippen LogP contribution in [0.15, 0.2) is 53.4 Å². The fraction of sp³-hybridized carbons (Fsp3) is 0.105. The maximum Gasteiger partial charge on any atom is 0.294 e. The van der Waals surface area contributed by atoms with E-state index in [0.717, 1.165) is 25.8 Å². The molecule has 1 aliphatic rings. The number of benzene rings is 2. The van der Waals surface area contributed by atoms with Crippen LogP contribution in [-0.4, -0.2) is 35.6 Å². The van der Waals surface area contributed by atoms with E-state index in [1.165, 1.54) is 0 Å². The monoisotopic (exact) mass is 494 g/mol. The molecule has 0 unspecified atom stereocenters. The SMILES string of the molecule is COc1ccc(NC(=O)CN2C(=O)S/C(=C\c3ccc(I)cc3)C2=O)cc1. The van der Waals surface area contributed by atoms with Crippen molar-refractivity contribution in [1.82, 2.24) is 4.90 Å². The molecule has 1 N–H and O–H groups in total. The highest BCUT2D eigenvalue weighted by Crippen LogP contribution is 2.32. The third kappa shape index (κ3) is 4.89. The quantitative estimate of drug-likeness (QED) is 0.503. The molecular weight excluding hydrogens is 479 g/mol. The van der Waals surface area contributed by atoms with Crippen LogP contribution in [0.2, 0.25) is 0 Å². The summed E-state index contributed by atoms with van der Waals surface area (Å²) in [5.41, 5.74) is 1.38. The summed E-state index contributed by atoms with van der Waals surface area (Å²) in [7, 11) is 1.55. The lowest BCUT2D eigenvalue weighted by Crippen LogP contribution is -2.36. The topological polar surface area (TPSA) is 75.7 Å². The minimum absolute atomic E-state index is 0.304. The van der Waals surface area contributed by atoms with E-state index in [0.29, 0.717) is 16.3 Å². The smallest absolute Gasteiger partial charge is 0.294 e. The normalized spacial score (nSPS) is 15.3. The second-order valence-electron chi connectivity index (χ2n) is 5.60. The zero-order valence-electron chi connectivity index (χ0n) is 14.3. The van der Waals surface area contributed by atoms with E-state index in [4.69, 9.17) is 4.74 Å². The Labute approximate surface area is 174 Å². The van der Waals surface area contributed by atoms with Crippen molar-refractivity contribution >= 4 is 63.2 Å². The Balaban J connectivity index is 1.65. The molecule has 27 heavy (non-hydrogen) atoms. The Morgan fingerprint density at radius 1 is 1.15 bits per heavy atom. The van der Waals surface area contributed by atoms with Crippen LogP contribution in [-0.2, 0) is 9.59 Å². The third-order valence-corrected chi connectivity index (χ3v) is 5.34. The first kappa shape index (κ1) is 19.4. The molecule has 1 aliphatic heterocycles. The fourth-order valence-electron chi connectivity index (χ4n) is 2.37. The second kappa shape index (κ2) is 8.57. The molecule has 8 heteroatoms. The van der Waals surface area contributed by atoms with E-state index in [9.17, 15) is 14.4 Å². The Kier molecular flexibility index (Phi) is 6.17. The third-order valence-electron chi connectivity index (χ3n) is 3.72. The summed E-state index contributed by atoms with van der Waals surface area (Å²) in [6, 6.07) is 14.3. The van der Waals surface area contributed by atoms with E-state index < -0.39 is 17.1 Å². The molecular formula is C19H15IN2O4S. The van der Waals surface area contributed by atoms with Gasteiger partial charge in [-0.1, -0.05) is 12.1 Å². The number of hydrogen-bond donors (Lipinski definition) is 1. The number of carbonyl (C=O) groups is 3. The zero-order chi connectivity index (χ0) is 19.4. The standard InChI is InChI=1S/C19H15IN2O4S/c1-26-15-8-6-14(7-9-15)21-17(23)11-22-18(24)16(27-19(22)25)10-12-2-4-13(20)5-3-12/h2-10H,11H2,1H3,(H,21,23)/b16-10-. The minimum Gasteiger partial charge on any atom is -0.497 e. The molecule has 1 saturated heterocycles. The molecule has 0 saturated carbocycles. The predicted molar refractivity (Wildman–Crippen MR) is 113 cm³/mol. The summed E-state index contributed by atoms with van der Waals surface area (Å²) >= 11 is 3.03. The second-order valence-corrected chi connectivity index (χ2v) is 7.83. The Bertz CT molecular complexity index is 910. The maximum absolute atomic E-state index is 12.5.